The van der Waals surface area contributed by atoms with E-state index < -0.39 is 17.1 Å². The molecule has 0 aromatic heterocycles. The van der Waals surface area contributed by atoms with Crippen molar-refractivity contribution in [2.75, 3.05) is 19.8 Å². The normalized spacial score (nSPS) is 29.2. The molecule has 0 aliphatic heterocycles. The van der Waals surface area contributed by atoms with Crippen LogP contribution in [-0.4, -0.2) is 57.3 Å². The number of carboxylic acids is 1. The van der Waals surface area contributed by atoms with Crippen LogP contribution in [0, 0.1) is 5.92 Å². The van der Waals surface area contributed by atoms with E-state index in [-0.39, 0.29) is 25.7 Å². The summed E-state index contributed by atoms with van der Waals surface area (Å²) in [4.78, 5) is 10.8. The lowest BCUT2D eigenvalue weighted by Gasteiger charge is -2.38. The van der Waals surface area contributed by atoms with Crippen molar-refractivity contribution in [3.63, 3.8) is 0 Å². The summed E-state index contributed by atoms with van der Waals surface area (Å²) in [5.74, 6) is -1.17. The van der Waals surface area contributed by atoms with Crippen molar-refractivity contribution in [3.8, 4) is 0 Å². The third kappa shape index (κ3) is 3.91. The van der Waals surface area contributed by atoms with Crippen molar-refractivity contribution < 1.29 is 25.2 Å². The Labute approximate surface area is 107 Å². The van der Waals surface area contributed by atoms with E-state index in [2.05, 4.69) is 5.32 Å². The van der Waals surface area contributed by atoms with E-state index in [4.69, 9.17) is 15.3 Å². The van der Waals surface area contributed by atoms with Crippen LogP contribution in [0.1, 0.15) is 32.6 Å². The zero-order valence-electron chi connectivity index (χ0n) is 10.7. The summed E-state index contributed by atoms with van der Waals surface area (Å²) in [5.41, 5.74) is -1.77. The van der Waals surface area contributed by atoms with Crippen molar-refractivity contribution in [2.24, 2.45) is 5.92 Å². The molecule has 1 rings (SSSR count). The molecule has 1 aliphatic rings. The Morgan fingerprint density at radius 2 is 1.83 bits per heavy atom. The number of hydrogen-bond acceptors (Lipinski definition) is 5. The molecule has 0 spiro atoms. The maximum atomic E-state index is 10.8. The number of hydrogen-bond donors (Lipinski definition) is 5. The Morgan fingerprint density at radius 3 is 2.22 bits per heavy atom. The molecule has 0 bridgehead atoms. The predicted molar refractivity (Wildman–Crippen MR) is 65.1 cm³/mol. The monoisotopic (exact) mass is 261 g/mol. The molecular formula is C12H23NO5. The van der Waals surface area contributed by atoms with Gasteiger partial charge in [0.2, 0.25) is 0 Å². The lowest BCUT2D eigenvalue weighted by molar-refractivity contribution is -0.144. The second-order valence-electron chi connectivity index (χ2n) is 5.57. The molecule has 1 saturated carbocycles. The Morgan fingerprint density at radius 1 is 1.33 bits per heavy atom. The lowest BCUT2D eigenvalue weighted by atomic mass is 9.78. The van der Waals surface area contributed by atoms with Crippen LogP contribution in [-0.2, 0) is 4.79 Å². The second-order valence-corrected chi connectivity index (χ2v) is 5.57. The molecule has 18 heavy (non-hydrogen) atoms. The molecule has 0 aromatic rings. The molecule has 0 heterocycles. The minimum atomic E-state index is -0.947. The first-order chi connectivity index (χ1) is 8.34. The van der Waals surface area contributed by atoms with Gasteiger partial charge in [-0.3, -0.25) is 4.79 Å². The molecule has 6 heteroatoms. The first kappa shape index (κ1) is 15.4. The average Bonchev–Trinajstić information content (AvgIpc) is 2.37. The molecule has 5 N–H and O–H groups in total. The van der Waals surface area contributed by atoms with Crippen LogP contribution < -0.4 is 5.32 Å². The standard InChI is InChI=1S/C12H23NO5/c1-11(7-14,8-15)13-6-12(18)4-2-9(3-5-12)10(16)17/h9,13-15,18H,2-8H2,1H3,(H,16,17). The van der Waals surface area contributed by atoms with E-state index in [1.165, 1.54) is 0 Å². The van der Waals surface area contributed by atoms with Crippen LogP contribution in [0.5, 0.6) is 0 Å². The van der Waals surface area contributed by atoms with Gasteiger partial charge >= 0.3 is 5.97 Å². The maximum Gasteiger partial charge on any atom is 0.306 e. The maximum absolute atomic E-state index is 10.8. The van der Waals surface area contributed by atoms with Gasteiger partial charge in [-0.1, -0.05) is 0 Å². The first-order valence-corrected chi connectivity index (χ1v) is 6.26. The van der Waals surface area contributed by atoms with Gasteiger partial charge < -0.3 is 25.7 Å². The summed E-state index contributed by atoms with van der Waals surface area (Å²) in [5, 5.41) is 40.4. The van der Waals surface area contributed by atoms with Crippen molar-refractivity contribution >= 4 is 5.97 Å². The number of rotatable bonds is 6. The minimum Gasteiger partial charge on any atom is -0.481 e. The zero-order valence-corrected chi connectivity index (χ0v) is 10.7. The summed E-state index contributed by atoms with van der Waals surface area (Å²) in [6.07, 6.45) is 1.76. The van der Waals surface area contributed by atoms with Crippen LogP contribution in [0.25, 0.3) is 0 Å². The molecule has 0 radical (unpaired) electrons. The number of β-amino-alcohol motifs (C(OH)–C–C–N with tert-alkyl or cyclic N) is 1. The van der Waals surface area contributed by atoms with Gasteiger partial charge in [-0.2, -0.15) is 0 Å². The van der Waals surface area contributed by atoms with Crippen LogP contribution >= 0.6 is 0 Å². The molecule has 106 valence electrons. The van der Waals surface area contributed by atoms with Crippen molar-refractivity contribution in [1.29, 1.82) is 0 Å². The third-order valence-corrected chi connectivity index (χ3v) is 3.81. The van der Waals surface area contributed by atoms with E-state index in [1.807, 2.05) is 0 Å². The minimum absolute atomic E-state index is 0.225. The van der Waals surface area contributed by atoms with Crippen molar-refractivity contribution in [3.05, 3.63) is 0 Å². The molecule has 0 unspecified atom stereocenters. The SMILES string of the molecule is CC(CO)(CO)NCC1(O)CCC(C(=O)O)CC1. The van der Waals surface area contributed by atoms with Gasteiger partial charge in [0, 0.05) is 6.54 Å². The first-order valence-electron chi connectivity index (χ1n) is 6.26. The van der Waals surface area contributed by atoms with Crippen molar-refractivity contribution in [1.82, 2.24) is 5.32 Å². The zero-order chi connectivity index (χ0) is 13.8. The summed E-state index contributed by atoms with van der Waals surface area (Å²) in [6, 6.07) is 0. The number of carboxylic acid groups (broad SMARTS) is 1. The second kappa shape index (κ2) is 5.97. The lowest BCUT2D eigenvalue weighted by Crippen LogP contribution is -2.55. The molecule has 0 aromatic carbocycles. The summed E-state index contributed by atoms with van der Waals surface area (Å²) < 4.78 is 0. The van der Waals surface area contributed by atoms with E-state index in [0.29, 0.717) is 25.7 Å². The molecular weight excluding hydrogens is 238 g/mol. The van der Waals surface area contributed by atoms with Gasteiger partial charge in [0.05, 0.1) is 30.3 Å². The Balaban J connectivity index is 2.46. The highest BCUT2D eigenvalue weighted by Gasteiger charge is 2.37. The summed E-state index contributed by atoms with van der Waals surface area (Å²) in [7, 11) is 0. The molecule has 1 fully saturated rings. The van der Waals surface area contributed by atoms with Gasteiger partial charge in [-0.15, -0.1) is 0 Å². The largest absolute Gasteiger partial charge is 0.481 e. The number of aliphatic hydroxyl groups excluding tert-OH is 2. The Hall–Kier alpha value is -0.690. The summed E-state index contributed by atoms with van der Waals surface area (Å²) in [6.45, 7) is 1.46. The summed E-state index contributed by atoms with van der Waals surface area (Å²) >= 11 is 0. The average molecular weight is 261 g/mol. The van der Waals surface area contributed by atoms with E-state index in [0.717, 1.165) is 0 Å². The number of aliphatic hydroxyl groups is 3. The van der Waals surface area contributed by atoms with Gasteiger partial charge in [-0.05, 0) is 32.6 Å². The number of nitrogens with one attached hydrogen (secondary N) is 1. The number of carbonyl (C=O) groups is 1. The van der Waals surface area contributed by atoms with E-state index in [1.54, 1.807) is 6.92 Å². The van der Waals surface area contributed by atoms with Crippen LogP contribution in [0.3, 0.4) is 0 Å². The van der Waals surface area contributed by atoms with Gasteiger partial charge in [0.25, 0.3) is 0 Å². The fourth-order valence-corrected chi connectivity index (χ4v) is 2.12. The highest BCUT2D eigenvalue weighted by molar-refractivity contribution is 5.70. The quantitative estimate of drug-likeness (QED) is 0.433. The number of aliphatic carboxylic acids is 1. The van der Waals surface area contributed by atoms with Gasteiger partial charge in [-0.25, -0.2) is 0 Å². The fraction of sp³-hybridized carbons (Fsp3) is 0.917. The van der Waals surface area contributed by atoms with Crippen LogP contribution in [0.15, 0.2) is 0 Å². The third-order valence-electron chi connectivity index (χ3n) is 3.81. The van der Waals surface area contributed by atoms with Crippen LogP contribution in [0.2, 0.25) is 0 Å². The van der Waals surface area contributed by atoms with E-state index >= 15 is 0 Å². The smallest absolute Gasteiger partial charge is 0.306 e. The Kier molecular flexibility index (Phi) is 5.10. The predicted octanol–water partition coefficient (Wildman–Crippen LogP) is -0.675. The fourth-order valence-electron chi connectivity index (χ4n) is 2.12. The van der Waals surface area contributed by atoms with E-state index in [9.17, 15) is 9.90 Å². The molecule has 6 nitrogen and oxygen atoms in total. The van der Waals surface area contributed by atoms with Gasteiger partial charge in [0.1, 0.15) is 0 Å². The van der Waals surface area contributed by atoms with Crippen molar-refractivity contribution in [2.45, 2.75) is 43.7 Å². The van der Waals surface area contributed by atoms with Crippen LogP contribution in [0.4, 0.5) is 0 Å². The highest BCUT2D eigenvalue weighted by atomic mass is 16.4. The van der Waals surface area contributed by atoms with Gasteiger partial charge in [0.15, 0.2) is 0 Å². The molecule has 0 amide bonds. The molecule has 0 atom stereocenters. The topological polar surface area (TPSA) is 110 Å². The molecule has 0 saturated heterocycles. The molecule has 1 aliphatic carbocycles. The Bertz CT molecular complexity index is 282. The highest BCUT2D eigenvalue weighted by Crippen LogP contribution is 2.32.